The molecule has 1 aromatic heterocycles. The summed E-state index contributed by atoms with van der Waals surface area (Å²) in [4.78, 5) is 30.9. The molecule has 1 heterocycles. The summed E-state index contributed by atoms with van der Waals surface area (Å²) in [6.07, 6.45) is 0.745. The van der Waals surface area contributed by atoms with Crippen LogP contribution in [0.5, 0.6) is 0 Å². The summed E-state index contributed by atoms with van der Waals surface area (Å²) in [5, 5.41) is 1.97. The highest BCUT2D eigenvalue weighted by Crippen LogP contribution is 2.17. The molecule has 1 atom stereocenters. The number of hydrogen-bond donors (Lipinski definition) is 0. The molecule has 0 aliphatic carbocycles. The number of halogens is 1. The van der Waals surface area contributed by atoms with Crippen LogP contribution in [-0.2, 0) is 17.9 Å². The minimum absolute atomic E-state index is 0.00466. The third-order valence-corrected chi connectivity index (χ3v) is 6.14. The maximum atomic E-state index is 13.4. The standard InChI is InChI=1S/C25H27FN2O2S/c1-3-19(2)28(25(30)21-8-5-4-6-9-21)18-24(29)27(17-23-10-7-15-31-23)16-20-11-13-22(26)14-12-20/h4-15,19H,3,16-18H2,1-2H3. The van der Waals surface area contributed by atoms with E-state index in [4.69, 9.17) is 0 Å². The molecule has 3 aromatic rings. The van der Waals surface area contributed by atoms with Crippen molar-refractivity contribution in [1.82, 2.24) is 9.80 Å². The largest absolute Gasteiger partial charge is 0.332 e. The van der Waals surface area contributed by atoms with E-state index in [-0.39, 0.29) is 30.2 Å². The predicted octanol–water partition coefficient (Wildman–Crippen LogP) is 5.36. The molecule has 0 saturated heterocycles. The Hall–Kier alpha value is -2.99. The molecule has 6 heteroatoms. The van der Waals surface area contributed by atoms with Gasteiger partial charge in [0.15, 0.2) is 0 Å². The Morgan fingerprint density at radius 1 is 0.968 bits per heavy atom. The molecule has 4 nitrogen and oxygen atoms in total. The van der Waals surface area contributed by atoms with Crippen LogP contribution in [0.4, 0.5) is 4.39 Å². The first-order valence-corrected chi connectivity index (χ1v) is 11.3. The van der Waals surface area contributed by atoms with Gasteiger partial charge in [-0.3, -0.25) is 9.59 Å². The Labute approximate surface area is 186 Å². The molecule has 1 unspecified atom stereocenters. The molecule has 2 aromatic carbocycles. The molecule has 2 amide bonds. The summed E-state index contributed by atoms with van der Waals surface area (Å²) in [5.74, 6) is -0.597. The Morgan fingerprint density at radius 2 is 1.68 bits per heavy atom. The second-order valence-electron chi connectivity index (χ2n) is 7.51. The van der Waals surface area contributed by atoms with Gasteiger partial charge in [0, 0.05) is 23.0 Å². The van der Waals surface area contributed by atoms with Crippen molar-refractivity contribution in [3.8, 4) is 0 Å². The molecule has 0 radical (unpaired) electrons. The average molecular weight is 439 g/mol. The summed E-state index contributed by atoms with van der Waals surface area (Å²) < 4.78 is 13.3. The van der Waals surface area contributed by atoms with Crippen molar-refractivity contribution in [2.24, 2.45) is 0 Å². The van der Waals surface area contributed by atoms with E-state index in [9.17, 15) is 14.0 Å². The number of rotatable bonds is 9. The van der Waals surface area contributed by atoms with E-state index < -0.39 is 0 Å². The molecule has 0 N–H and O–H groups in total. The van der Waals surface area contributed by atoms with E-state index in [2.05, 4.69) is 0 Å². The lowest BCUT2D eigenvalue weighted by atomic mass is 10.1. The van der Waals surface area contributed by atoms with E-state index in [0.717, 1.165) is 16.9 Å². The maximum Gasteiger partial charge on any atom is 0.254 e. The van der Waals surface area contributed by atoms with Gasteiger partial charge in [0.05, 0.1) is 6.54 Å². The minimum atomic E-state index is -0.309. The van der Waals surface area contributed by atoms with Crippen LogP contribution in [0.15, 0.2) is 72.1 Å². The van der Waals surface area contributed by atoms with Crippen LogP contribution in [0.25, 0.3) is 0 Å². The molecule has 0 saturated carbocycles. The molecule has 3 rings (SSSR count). The van der Waals surface area contributed by atoms with Gasteiger partial charge in [0.25, 0.3) is 5.91 Å². The summed E-state index contributed by atoms with van der Waals surface area (Å²) in [7, 11) is 0. The first-order chi connectivity index (χ1) is 15.0. The minimum Gasteiger partial charge on any atom is -0.332 e. The fraction of sp³-hybridized carbons (Fsp3) is 0.280. The van der Waals surface area contributed by atoms with E-state index in [1.54, 1.807) is 45.4 Å². The summed E-state index contributed by atoms with van der Waals surface area (Å²) in [6.45, 7) is 4.75. The van der Waals surface area contributed by atoms with Crippen molar-refractivity contribution in [1.29, 1.82) is 0 Å². The first-order valence-electron chi connectivity index (χ1n) is 10.4. The number of hydrogen-bond acceptors (Lipinski definition) is 3. The lowest BCUT2D eigenvalue weighted by Gasteiger charge is -2.31. The highest BCUT2D eigenvalue weighted by molar-refractivity contribution is 7.09. The van der Waals surface area contributed by atoms with Gasteiger partial charge in [-0.05, 0) is 54.6 Å². The van der Waals surface area contributed by atoms with Crippen molar-refractivity contribution in [2.75, 3.05) is 6.54 Å². The summed E-state index contributed by atoms with van der Waals surface area (Å²) in [6, 6.07) is 19.1. The van der Waals surface area contributed by atoms with E-state index in [1.165, 1.54) is 12.1 Å². The van der Waals surface area contributed by atoms with Gasteiger partial charge in [-0.25, -0.2) is 4.39 Å². The van der Waals surface area contributed by atoms with Crippen molar-refractivity contribution in [3.05, 3.63) is 93.9 Å². The zero-order chi connectivity index (χ0) is 22.2. The third kappa shape index (κ3) is 6.25. The summed E-state index contributed by atoms with van der Waals surface area (Å²) >= 11 is 1.58. The van der Waals surface area contributed by atoms with Crippen molar-refractivity contribution in [2.45, 2.75) is 39.4 Å². The highest BCUT2D eigenvalue weighted by atomic mass is 32.1. The second kappa shape index (κ2) is 10.9. The van der Waals surface area contributed by atoms with Crippen molar-refractivity contribution < 1.29 is 14.0 Å². The van der Waals surface area contributed by atoms with Crippen LogP contribution < -0.4 is 0 Å². The Bertz CT molecular complexity index is 975. The van der Waals surface area contributed by atoms with Gasteiger partial charge < -0.3 is 9.80 Å². The lowest BCUT2D eigenvalue weighted by molar-refractivity contribution is -0.133. The molecule has 0 aliphatic heterocycles. The smallest absolute Gasteiger partial charge is 0.254 e. The average Bonchev–Trinajstić information content (AvgIpc) is 3.31. The van der Waals surface area contributed by atoms with Crippen LogP contribution >= 0.6 is 11.3 Å². The number of carbonyl (C=O) groups excluding carboxylic acids is 2. The quantitative estimate of drug-likeness (QED) is 0.451. The van der Waals surface area contributed by atoms with E-state index in [0.29, 0.717) is 18.7 Å². The lowest BCUT2D eigenvalue weighted by Crippen LogP contribution is -2.46. The van der Waals surface area contributed by atoms with E-state index >= 15 is 0 Å². The molecular formula is C25H27FN2O2S. The van der Waals surface area contributed by atoms with Gasteiger partial charge in [0.1, 0.15) is 12.4 Å². The first kappa shape index (κ1) is 22.7. The van der Waals surface area contributed by atoms with Gasteiger partial charge in [-0.1, -0.05) is 43.3 Å². The number of thiophene rings is 1. The van der Waals surface area contributed by atoms with Gasteiger partial charge in [-0.2, -0.15) is 0 Å². The van der Waals surface area contributed by atoms with Crippen LogP contribution in [-0.4, -0.2) is 34.2 Å². The van der Waals surface area contributed by atoms with Crippen LogP contribution in [0.3, 0.4) is 0 Å². The molecular weight excluding hydrogens is 411 g/mol. The third-order valence-electron chi connectivity index (χ3n) is 5.28. The SMILES string of the molecule is CCC(C)N(CC(=O)N(Cc1ccc(F)cc1)Cc1cccs1)C(=O)c1ccccc1. The van der Waals surface area contributed by atoms with Crippen LogP contribution in [0.1, 0.15) is 41.1 Å². The molecule has 31 heavy (non-hydrogen) atoms. The fourth-order valence-electron chi connectivity index (χ4n) is 3.27. The van der Waals surface area contributed by atoms with Crippen LogP contribution in [0.2, 0.25) is 0 Å². The Morgan fingerprint density at radius 3 is 2.29 bits per heavy atom. The zero-order valence-electron chi connectivity index (χ0n) is 17.8. The van der Waals surface area contributed by atoms with Gasteiger partial charge in [-0.15, -0.1) is 11.3 Å². The molecule has 162 valence electrons. The Kier molecular flexibility index (Phi) is 7.95. The van der Waals surface area contributed by atoms with Crippen molar-refractivity contribution >= 4 is 23.2 Å². The summed E-state index contributed by atoms with van der Waals surface area (Å²) in [5.41, 5.74) is 1.41. The molecule has 0 bridgehead atoms. The maximum absolute atomic E-state index is 13.4. The molecule has 0 fully saturated rings. The monoisotopic (exact) mass is 438 g/mol. The number of nitrogens with zero attached hydrogens (tertiary/aromatic N) is 2. The Balaban J connectivity index is 1.81. The number of carbonyl (C=O) groups is 2. The van der Waals surface area contributed by atoms with Crippen molar-refractivity contribution in [3.63, 3.8) is 0 Å². The van der Waals surface area contributed by atoms with Crippen LogP contribution in [0, 0.1) is 5.82 Å². The molecule has 0 aliphatic rings. The highest BCUT2D eigenvalue weighted by Gasteiger charge is 2.26. The normalized spacial score (nSPS) is 11.7. The second-order valence-corrected chi connectivity index (χ2v) is 8.54. The predicted molar refractivity (Wildman–Crippen MR) is 122 cm³/mol. The number of benzene rings is 2. The van der Waals surface area contributed by atoms with E-state index in [1.807, 2.05) is 49.6 Å². The fourth-order valence-corrected chi connectivity index (χ4v) is 3.99. The van der Waals surface area contributed by atoms with Gasteiger partial charge >= 0.3 is 0 Å². The number of amides is 2. The van der Waals surface area contributed by atoms with Gasteiger partial charge in [0.2, 0.25) is 5.91 Å². The molecule has 0 spiro atoms. The topological polar surface area (TPSA) is 40.6 Å². The zero-order valence-corrected chi connectivity index (χ0v) is 18.6.